The van der Waals surface area contributed by atoms with Crippen LogP contribution in [0.25, 0.3) is 0 Å². The molecule has 1 atom stereocenters. The first-order valence-electron chi connectivity index (χ1n) is 8.64. The Morgan fingerprint density at radius 2 is 1.96 bits per heavy atom. The molecule has 0 spiro atoms. The van der Waals surface area contributed by atoms with Crippen molar-refractivity contribution in [1.82, 2.24) is 10.2 Å². The topological polar surface area (TPSA) is 75.4 Å². The van der Waals surface area contributed by atoms with Crippen LogP contribution in [0.5, 0.6) is 0 Å². The van der Waals surface area contributed by atoms with E-state index >= 15 is 0 Å². The van der Waals surface area contributed by atoms with Gasteiger partial charge in [0.15, 0.2) is 0 Å². The first-order chi connectivity index (χ1) is 11.8. The van der Waals surface area contributed by atoms with E-state index in [4.69, 9.17) is 28.9 Å². The summed E-state index contributed by atoms with van der Waals surface area (Å²) in [6, 6.07) is 4.29. The number of carbonyl (C=O) groups is 2. The van der Waals surface area contributed by atoms with E-state index in [1.54, 1.807) is 23.1 Å². The molecule has 0 bridgehead atoms. The van der Waals surface area contributed by atoms with Crippen molar-refractivity contribution in [3.8, 4) is 0 Å². The highest BCUT2D eigenvalue weighted by Gasteiger charge is 2.35. The molecule has 0 aromatic heterocycles. The number of hydrogen-bond acceptors (Lipinski definition) is 3. The molecule has 1 aromatic carbocycles. The maximum atomic E-state index is 12.8. The lowest BCUT2D eigenvalue weighted by Gasteiger charge is -2.29. The predicted molar refractivity (Wildman–Crippen MR) is 101 cm³/mol. The highest BCUT2D eigenvalue weighted by molar-refractivity contribution is 6.42. The number of nitrogens with zero attached hydrogens (tertiary/aromatic N) is 1. The molecule has 1 aromatic rings. The molecule has 2 rings (SSSR count). The number of likely N-dealkylation sites (tertiary alicyclic amines) is 1. The number of carbonyl (C=O) groups excluding carboxylic acids is 2. The average Bonchev–Trinajstić information content (AvgIpc) is 3.11. The van der Waals surface area contributed by atoms with E-state index in [9.17, 15) is 9.59 Å². The Kier molecular flexibility index (Phi) is 6.72. The van der Waals surface area contributed by atoms with E-state index in [2.05, 4.69) is 5.32 Å². The van der Waals surface area contributed by atoms with E-state index in [1.165, 1.54) is 0 Å². The second-order valence-corrected chi connectivity index (χ2v) is 7.39. The summed E-state index contributed by atoms with van der Waals surface area (Å²) < 4.78 is 0. The molecule has 138 valence electrons. The summed E-state index contributed by atoms with van der Waals surface area (Å²) in [6.07, 6.45) is 3.00. The van der Waals surface area contributed by atoms with Crippen molar-refractivity contribution in [2.24, 2.45) is 5.73 Å². The molecule has 3 N–H and O–H groups in total. The summed E-state index contributed by atoms with van der Waals surface area (Å²) >= 11 is 11.9. The summed E-state index contributed by atoms with van der Waals surface area (Å²) in [5, 5.41) is 3.64. The lowest BCUT2D eigenvalue weighted by molar-refractivity contribution is -0.125. The number of benzene rings is 1. The van der Waals surface area contributed by atoms with E-state index in [-0.39, 0.29) is 11.8 Å². The SMILES string of the molecule is CCC(N)(CC)CNC(=O)C1CCCN1C(=O)c1ccc(Cl)c(Cl)c1. The van der Waals surface area contributed by atoms with Gasteiger partial charge >= 0.3 is 0 Å². The van der Waals surface area contributed by atoms with Crippen molar-refractivity contribution in [2.45, 2.75) is 51.1 Å². The largest absolute Gasteiger partial charge is 0.352 e. The maximum Gasteiger partial charge on any atom is 0.254 e. The number of nitrogens with two attached hydrogens (primary N) is 1. The van der Waals surface area contributed by atoms with Gasteiger partial charge in [0, 0.05) is 24.2 Å². The van der Waals surface area contributed by atoms with Gasteiger partial charge in [-0.05, 0) is 43.9 Å². The van der Waals surface area contributed by atoms with Gasteiger partial charge in [0.05, 0.1) is 10.0 Å². The molecular formula is C18H25Cl2N3O2. The second kappa shape index (κ2) is 8.39. The van der Waals surface area contributed by atoms with Gasteiger partial charge in [-0.1, -0.05) is 37.0 Å². The smallest absolute Gasteiger partial charge is 0.254 e. The van der Waals surface area contributed by atoms with Crippen LogP contribution in [0.1, 0.15) is 49.9 Å². The van der Waals surface area contributed by atoms with Gasteiger partial charge in [0.1, 0.15) is 6.04 Å². The summed E-state index contributed by atoms with van der Waals surface area (Å²) in [5.41, 5.74) is 6.26. The summed E-state index contributed by atoms with van der Waals surface area (Å²) in [4.78, 5) is 26.9. The highest BCUT2D eigenvalue weighted by atomic mass is 35.5. The fourth-order valence-electron chi connectivity index (χ4n) is 2.96. The Morgan fingerprint density at radius 1 is 1.28 bits per heavy atom. The van der Waals surface area contributed by atoms with Gasteiger partial charge in [-0.3, -0.25) is 9.59 Å². The minimum absolute atomic E-state index is 0.150. The molecule has 0 saturated carbocycles. The van der Waals surface area contributed by atoms with Crippen LogP contribution in [0.15, 0.2) is 18.2 Å². The predicted octanol–water partition coefficient (Wildman–Crippen LogP) is 3.23. The lowest BCUT2D eigenvalue weighted by atomic mass is 9.94. The van der Waals surface area contributed by atoms with Gasteiger partial charge in [0.25, 0.3) is 5.91 Å². The van der Waals surface area contributed by atoms with Crippen LogP contribution >= 0.6 is 23.2 Å². The number of hydrogen-bond donors (Lipinski definition) is 2. The van der Waals surface area contributed by atoms with Crippen molar-refractivity contribution < 1.29 is 9.59 Å². The minimum atomic E-state index is -0.472. The van der Waals surface area contributed by atoms with E-state index < -0.39 is 11.6 Å². The Labute approximate surface area is 158 Å². The Bertz CT molecular complexity index is 647. The lowest BCUT2D eigenvalue weighted by Crippen LogP contribution is -2.53. The number of amides is 2. The molecule has 1 aliphatic rings. The minimum Gasteiger partial charge on any atom is -0.352 e. The van der Waals surface area contributed by atoms with Crippen molar-refractivity contribution in [2.75, 3.05) is 13.1 Å². The van der Waals surface area contributed by atoms with Crippen LogP contribution < -0.4 is 11.1 Å². The monoisotopic (exact) mass is 385 g/mol. The maximum absolute atomic E-state index is 12.8. The molecule has 2 amide bonds. The van der Waals surface area contributed by atoms with E-state index in [1.807, 2.05) is 13.8 Å². The van der Waals surface area contributed by atoms with Crippen molar-refractivity contribution in [3.05, 3.63) is 33.8 Å². The van der Waals surface area contributed by atoms with Crippen LogP contribution in [0.3, 0.4) is 0 Å². The number of rotatable bonds is 6. The van der Waals surface area contributed by atoms with Crippen LogP contribution in [-0.4, -0.2) is 41.4 Å². The molecule has 7 heteroatoms. The molecule has 1 fully saturated rings. The molecule has 1 heterocycles. The first-order valence-corrected chi connectivity index (χ1v) is 9.39. The number of nitrogens with one attached hydrogen (secondary N) is 1. The normalized spacial score (nSPS) is 17.6. The van der Waals surface area contributed by atoms with Crippen molar-refractivity contribution in [1.29, 1.82) is 0 Å². The second-order valence-electron chi connectivity index (χ2n) is 6.57. The van der Waals surface area contributed by atoms with Gasteiger partial charge in [-0.2, -0.15) is 0 Å². The van der Waals surface area contributed by atoms with Crippen LogP contribution in [0, 0.1) is 0 Å². The third-order valence-corrected chi connectivity index (χ3v) is 5.74. The van der Waals surface area contributed by atoms with Gasteiger partial charge in [-0.15, -0.1) is 0 Å². The molecule has 5 nitrogen and oxygen atoms in total. The molecule has 0 radical (unpaired) electrons. The quantitative estimate of drug-likeness (QED) is 0.788. The van der Waals surface area contributed by atoms with Gasteiger partial charge in [0.2, 0.25) is 5.91 Å². The third-order valence-electron chi connectivity index (χ3n) is 5.01. The Morgan fingerprint density at radius 3 is 2.56 bits per heavy atom. The summed E-state index contributed by atoms with van der Waals surface area (Å²) in [5.74, 6) is -0.358. The summed E-state index contributed by atoms with van der Waals surface area (Å²) in [6.45, 7) is 4.97. The fraction of sp³-hybridized carbons (Fsp3) is 0.556. The average molecular weight is 386 g/mol. The molecule has 1 unspecified atom stereocenters. The molecule has 1 aliphatic heterocycles. The standard InChI is InChI=1S/C18H25Cl2N3O2/c1-3-18(21,4-2)11-22-16(24)15-6-5-9-23(15)17(25)12-7-8-13(19)14(20)10-12/h7-8,10,15H,3-6,9,11,21H2,1-2H3,(H,22,24). The summed E-state index contributed by atoms with van der Waals surface area (Å²) in [7, 11) is 0. The van der Waals surface area contributed by atoms with Gasteiger partial charge < -0.3 is 16.0 Å². The molecule has 0 aliphatic carbocycles. The van der Waals surface area contributed by atoms with E-state index in [0.29, 0.717) is 35.1 Å². The zero-order valence-electron chi connectivity index (χ0n) is 14.6. The van der Waals surface area contributed by atoms with Crippen LogP contribution in [0.2, 0.25) is 10.0 Å². The fourth-order valence-corrected chi connectivity index (χ4v) is 3.26. The third kappa shape index (κ3) is 4.66. The zero-order valence-corrected chi connectivity index (χ0v) is 16.2. The molecule has 1 saturated heterocycles. The number of halogens is 2. The van der Waals surface area contributed by atoms with Gasteiger partial charge in [-0.25, -0.2) is 0 Å². The highest BCUT2D eigenvalue weighted by Crippen LogP contribution is 2.26. The molecular weight excluding hydrogens is 361 g/mol. The van der Waals surface area contributed by atoms with Crippen molar-refractivity contribution >= 4 is 35.0 Å². The van der Waals surface area contributed by atoms with Crippen LogP contribution in [-0.2, 0) is 4.79 Å². The van der Waals surface area contributed by atoms with E-state index in [0.717, 1.165) is 19.3 Å². The first kappa shape index (κ1) is 20.0. The van der Waals surface area contributed by atoms with Crippen molar-refractivity contribution in [3.63, 3.8) is 0 Å². The Hall–Kier alpha value is -1.30. The Balaban J connectivity index is 2.07. The van der Waals surface area contributed by atoms with Crippen LogP contribution in [0.4, 0.5) is 0 Å². The zero-order chi connectivity index (χ0) is 18.6. The molecule has 25 heavy (non-hydrogen) atoms.